The lowest BCUT2D eigenvalue weighted by molar-refractivity contribution is 0.541. The van der Waals surface area contributed by atoms with E-state index in [9.17, 15) is 0 Å². The smallest absolute Gasteiger partial charge is 0.292 e. The van der Waals surface area contributed by atoms with Gasteiger partial charge in [0.15, 0.2) is 0 Å². The molecule has 0 bridgehead atoms. The van der Waals surface area contributed by atoms with Crippen LogP contribution < -0.4 is 21.9 Å². The van der Waals surface area contributed by atoms with E-state index in [-0.39, 0.29) is 6.02 Å². The van der Waals surface area contributed by atoms with Crippen LogP contribution in [-0.2, 0) is 14.1 Å². The molecule has 0 saturated heterocycles. The molecular weight excluding hydrogens is 430 g/mol. The molecule has 4 aromatic rings. The summed E-state index contributed by atoms with van der Waals surface area (Å²) in [4.78, 5) is 13.0. The molecule has 3 aromatic heterocycles. The van der Waals surface area contributed by atoms with Crippen LogP contribution in [0.2, 0.25) is 0 Å². The zero-order chi connectivity index (χ0) is 24.6. The number of ether oxygens (including phenoxy) is 1. The third-order valence-electron chi connectivity index (χ3n) is 5.69. The minimum Gasteiger partial charge on any atom is -0.426 e. The molecule has 0 saturated carbocycles. The summed E-state index contributed by atoms with van der Waals surface area (Å²) in [5.41, 5.74) is 24.4. The standard InChI is InChI=1S/C24H29N9O/c1-6-7-13(2)30-24(27)34-16-10-8-15(9-11-16)17-18-22(26)28-12-29-23(18)32(4)20(17)19-14(3)21(25)31-33(19)5/h7-12H,6H2,1-5H3,(H2,25,31)(H2,27,30)(H2,26,28,29)/b13-7-. The molecule has 0 unspecified atom stereocenters. The third-order valence-corrected chi connectivity index (χ3v) is 5.69. The summed E-state index contributed by atoms with van der Waals surface area (Å²) in [5.74, 6) is 1.43. The molecule has 3 heterocycles. The van der Waals surface area contributed by atoms with Gasteiger partial charge < -0.3 is 26.5 Å². The Morgan fingerprint density at radius 3 is 2.41 bits per heavy atom. The maximum Gasteiger partial charge on any atom is 0.292 e. The highest BCUT2D eigenvalue weighted by atomic mass is 16.5. The van der Waals surface area contributed by atoms with Gasteiger partial charge in [-0.2, -0.15) is 5.10 Å². The highest BCUT2D eigenvalue weighted by Crippen LogP contribution is 2.43. The number of rotatable bonds is 5. The second kappa shape index (κ2) is 8.89. The second-order valence-corrected chi connectivity index (χ2v) is 8.05. The maximum absolute atomic E-state index is 6.33. The molecule has 10 nitrogen and oxygen atoms in total. The van der Waals surface area contributed by atoms with Crippen molar-refractivity contribution >= 4 is 28.7 Å². The Labute approximate surface area is 197 Å². The zero-order valence-corrected chi connectivity index (χ0v) is 20.0. The van der Waals surface area contributed by atoms with Gasteiger partial charge in [-0.25, -0.2) is 15.0 Å². The van der Waals surface area contributed by atoms with Gasteiger partial charge in [0.2, 0.25) is 0 Å². The number of hydrogen-bond donors (Lipinski definition) is 3. The number of nitrogen functional groups attached to an aromatic ring is 2. The molecule has 34 heavy (non-hydrogen) atoms. The summed E-state index contributed by atoms with van der Waals surface area (Å²) in [6.45, 7) is 5.86. The number of fused-ring (bicyclic) bond motifs is 1. The molecule has 0 amide bonds. The SMILES string of the molecule is CC/C=C(/C)N=C(N)Oc1ccc(-c2c(-c3c(C)c(N)nn3C)n(C)c3ncnc(N)c23)cc1. The first-order valence-electron chi connectivity index (χ1n) is 10.9. The summed E-state index contributed by atoms with van der Waals surface area (Å²) in [6, 6.07) is 7.64. The average Bonchev–Trinajstić information content (AvgIpc) is 3.21. The van der Waals surface area contributed by atoms with Gasteiger partial charge in [0.1, 0.15) is 29.4 Å². The van der Waals surface area contributed by atoms with E-state index in [0.717, 1.165) is 45.6 Å². The molecule has 10 heteroatoms. The summed E-state index contributed by atoms with van der Waals surface area (Å²) in [6.07, 6.45) is 4.31. The molecule has 6 N–H and O–H groups in total. The quantitative estimate of drug-likeness (QED) is 0.305. The highest BCUT2D eigenvalue weighted by molar-refractivity contribution is 6.07. The third kappa shape index (κ3) is 3.94. The van der Waals surface area contributed by atoms with Crippen LogP contribution in [0.4, 0.5) is 11.6 Å². The number of amidine groups is 1. The lowest BCUT2D eigenvalue weighted by Gasteiger charge is -2.11. The van der Waals surface area contributed by atoms with E-state index in [0.29, 0.717) is 23.0 Å². The number of allylic oxidation sites excluding steroid dienone is 2. The monoisotopic (exact) mass is 459 g/mol. The van der Waals surface area contributed by atoms with Crippen molar-refractivity contribution in [2.24, 2.45) is 24.8 Å². The Morgan fingerprint density at radius 2 is 1.79 bits per heavy atom. The van der Waals surface area contributed by atoms with Crippen LogP contribution in [-0.4, -0.2) is 30.3 Å². The van der Waals surface area contributed by atoms with Crippen molar-refractivity contribution < 1.29 is 4.74 Å². The van der Waals surface area contributed by atoms with Gasteiger partial charge in [-0.05, 0) is 38.0 Å². The van der Waals surface area contributed by atoms with Crippen LogP contribution in [0, 0.1) is 6.92 Å². The van der Waals surface area contributed by atoms with Gasteiger partial charge >= 0.3 is 0 Å². The minimum absolute atomic E-state index is 0.0828. The molecule has 176 valence electrons. The number of nitrogens with zero attached hydrogens (tertiary/aromatic N) is 6. The number of anilines is 2. The van der Waals surface area contributed by atoms with Crippen LogP contribution in [0.5, 0.6) is 5.75 Å². The number of aromatic nitrogens is 5. The first-order valence-corrected chi connectivity index (χ1v) is 10.9. The number of hydrogen-bond acceptors (Lipinski definition) is 7. The van der Waals surface area contributed by atoms with E-state index in [1.165, 1.54) is 6.33 Å². The fraction of sp³-hybridized carbons (Fsp3) is 0.250. The van der Waals surface area contributed by atoms with Crippen molar-refractivity contribution in [1.29, 1.82) is 0 Å². The van der Waals surface area contributed by atoms with Crippen molar-refractivity contribution in [3.8, 4) is 28.3 Å². The van der Waals surface area contributed by atoms with Crippen LogP contribution in [0.15, 0.2) is 47.4 Å². The summed E-state index contributed by atoms with van der Waals surface area (Å²) in [5, 5.41) is 5.16. The van der Waals surface area contributed by atoms with Crippen molar-refractivity contribution in [3.05, 3.63) is 47.9 Å². The number of nitrogens with two attached hydrogens (primary N) is 3. The fourth-order valence-corrected chi connectivity index (χ4v) is 4.16. The van der Waals surface area contributed by atoms with Crippen LogP contribution in [0.25, 0.3) is 33.5 Å². The number of aliphatic imine (C=N–C) groups is 1. The Hall–Kier alpha value is -4.34. The van der Waals surface area contributed by atoms with E-state index in [1.807, 2.05) is 69.8 Å². The van der Waals surface area contributed by atoms with Crippen LogP contribution in [0.1, 0.15) is 25.8 Å². The second-order valence-electron chi connectivity index (χ2n) is 8.05. The highest BCUT2D eigenvalue weighted by Gasteiger charge is 2.25. The first kappa shape index (κ1) is 22.8. The van der Waals surface area contributed by atoms with Gasteiger partial charge in [0, 0.05) is 30.9 Å². The molecule has 0 aliphatic heterocycles. The largest absolute Gasteiger partial charge is 0.426 e. The average molecular weight is 460 g/mol. The van der Waals surface area contributed by atoms with Gasteiger partial charge in [-0.1, -0.05) is 25.1 Å². The number of aryl methyl sites for hydroxylation is 2. The predicted molar refractivity (Wildman–Crippen MR) is 136 cm³/mol. The van der Waals surface area contributed by atoms with Gasteiger partial charge in [-0.15, -0.1) is 0 Å². The van der Waals surface area contributed by atoms with Crippen LogP contribution >= 0.6 is 0 Å². The van der Waals surface area contributed by atoms with Crippen molar-refractivity contribution in [3.63, 3.8) is 0 Å². The molecule has 4 rings (SSSR count). The summed E-state index contributed by atoms with van der Waals surface area (Å²) >= 11 is 0. The lowest BCUT2D eigenvalue weighted by atomic mass is 10.00. The van der Waals surface area contributed by atoms with E-state index >= 15 is 0 Å². The van der Waals surface area contributed by atoms with Gasteiger partial charge in [-0.3, -0.25) is 4.68 Å². The van der Waals surface area contributed by atoms with Crippen molar-refractivity contribution in [2.45, 2.75) is 27.2 Å². The van der Waals surface area contributed by atoms with E-state index in [4.69, 9.17) is 21.9 Å². The molecule has 0 radical (unpaired) electrons. The molecular formula is C24H29N9O. The first-order chi connectivity index (χ1) is 16.2. The molecule has 1 aromatic carbocycles. The minimum atomic E-state index is 0.0828. The molecule has 0 aliphatic rings. The summed E-state index contributed by atoms with van der Waals surface area (Å²) in [7, 11) is 3.81. The summed E-state index contributed by atoms with van der Waals surface area (Å²) < 4.78 is 9.46. The van der Waals surface area contributed by atoms with E-state index < -0.39 is 0 Å². The molecule has 0 atom stereocenters. The molecule has 0 spiro atoms. The normalized spacial score (nSPS) is 12.5. The lowest BCUT2D eigenvalue weighted by Crippen LogP contribution is -2.19. The van der Waals surface area contributed by atoms with E-state index in [2.05, 4.69) is 20.1 Å². The molecule has 0 aliphatic carbocycles. The maximum atomic E-state index is 6.33. The predicted octanol–water partition coefficient (Wildman–Crippen LogP) is 3.52. The topological polar surface area (TPSA) is 148 Å². The van der Waals surface area contributed by atoms with Crippen molar-refractivity contribution in [2.75, 3.05) is 11.5 Å². The Balaban J connectivity index is 1.86. The number of benzene rings is 1. The van der Waals surface area contributed by atoms with Gasteiger partial charge in [0.25, 0.3) is 6.02 Å². The Kier molecular flexibility index (Phi) is 5.97. The fourth-order valence-electron chi connectivity index (χ4n) is 4.16. The Morgan fingerprint density at radius 1 is 1.09 bits per heavy atom. The molecule has 0 fully saturated rings. The van der Waals surface area contributed by atoms with Crippen molar-refractivity contribution in [1.82, 2.24) is 24.3 Å². The van der Waals surface area contributed by atoms with Gasteiger partial charge in [0.05, 0.1) is 16.8 Å². The van der Waals surface area contributed by atoms with E-state index in [1.54, 1.807) is 4.68 Å². The zero-order valence-electron chi connectivity index (χ0n) is 20.0. The van der Waals surface area contributed by atoms with Crippen LogP contribution in [0.3, 0.4) is 0 Å². The Bertz CT molecular complexity index is 1430.